The number of nitrogens with one attached hydrogen (secondary N) is 1. The number of hydrogen-bond acceptors (Lipinski definition) is 1. The molecule has 1 saturated carbocycles. The molecule has 3 atom stereocenters. The minimum Gasteiger partial charge on any atom is -0.307 e. The van der Waals surface area contributed by atoms with Gasteiger partial charge in [-0.05, 0) is 42.0 Å². The summed E-state index contributed by atoms with van der Waals surface area (Å²) in [5.41, 5.74) is 1.44. The maximum absolute atomic E-state index is 3.89. The van der Waals surface area contributed by atoms with Crippen molar-refractivity contribution in [3.63, 3.8) is 0 Å². The van der Waals surface area contributed by atoms with E-state index in [1.54, 1.807) is 0 Å². The predicted octanol–water partition coefficient (Wildman–Crippen LogP) is 5.07. The molecule has 3 unspecified atom stereocenters. The molecule has 1 nitrogen and oxygen atoms in total. The molecule has 1 N–H and O–H groups in total. The average Bonchev–Trinajstić information content (AvgIpc) is 2.93. The fourth-order valence-corrected chi connectivity index (χ4v) is 3.78. The van der Waals surface area contributed by atoms with E-state index in [1.165, 1.54) is 42.0 Å². The molecule has 0 spiro atoms. The second-order valence-corrected chi connectivity index (χ2v) is 6.16. The van der Waals surface area contributed by atoms with Gasteiger partial charge >= 0.3 is 0 Å². The largest absolute Gasteiger partial charge is 0.307 e. The van der Waals surface area contributed by atoms with Crippen LogP contribution in [-0.4, -0.2) is 6.04 Å². The smallest absolute Gasteiger partial charge is 0.0300 e. The zero-order chi connectivity index (χ0) is 13.9. The lowest BCUT2D eigenvalue weighted by Gasteiger charge is -2.25. The molecule has 20 heavy (non-hydrogen) atoms. The van der Waals surface area contributed by atoms with Crippen molar-refractivity contribution in [2.45, 2.75) is 51.6 Å². The lowest BCUT2D eigenvalue weighted by atomic mass is 9.96. The number of rotatable bonds is 4. The molecule has 1 aliphatic carbocycles. The molecule has 0 heterocycles. The van der Waals surface area contributed by atoms with Crippen LogP contribution in [0, 0.1) is 5.92 Å². The third kappa shape index (κ3) is 2.60. The van der Waals surface area contributed by atoms with Crippen LogP contribution in [0.3, 0.4) is 0 Å². The molecule has 0 aliphatic heterocycles. The molecule has 0 amide bonds. The first-order chi connectivity index (χ1) is 9.79. The van der Waals surface area contributed by atoms with Crippen molar-refractivity contribution >= 4 is 10.8 Å². The molecule has 0 bridgehead atoms. The average molecular weight is 267 g/mol. The fraction of sp³-hybridized carbons (Fsp3) is 0.474. The van der Waals surface area contributed by atoms with Gasteiger partial charge < -0.3 is 5.32 Å². The summed E-state index contributed by atoms with van der Waals surface area (Å²) in [6.45, 7) is 4.64. The molecule has 0 aromatic heterocycles. The van der Waals surface area contributed by atoms with E-state index in [1.807, 2.05) is 0 Å². The Morgan fingerprint density at radius 1 is 1.10 bits per heavy atom. The lowest BCUT2D eigenvalue weighted by Crippen LogP contribution is -2.34. The number of fused-ring (bicyclic) bond motifs is 1. The SMILES string of the molecule is CCC1CCCC1NC(C)c1cccc2ccccc12. The van der Waals surface area contributed by atoms with Gasteiger partial charge in [-0.1, -0.05) is 62.2 Å². The first-order valence-electron chi connectivity index (χ1n) is 8.03. The van der Waals surface area contributed by atoms with E-state index in [9.17, 15) is 0 Å². The van der Waals surface area contributed by atoms with Crippen molar-refractivity contribution in [1.29, 1.82) is 0 Å². The molecule has 0 radical (unpaired) electrons. The van der Waals surface area contributed by atoms with E-state index < -0.39 is 0 Å². The summed E-state index contributed by atoms with van der Waals surface area (Å²) in [5.74, 6) is 0.868. The van der Waals surface area contributed by atoms with Crippen LogP contribution in [0.5, 0.6) is 0 Å². The third-order valence-electron chi connectivity index (χ3n) is 4.94. The highest BCUT2D eigenvalue weighted by molar-refractivity contribution is 5.86. The topological polar surface area (TPSA) is 12.0 Å². The quantitative estimate of drug-likeness (QED) is 0.815. The van der Waals surface area contributed by atoms with E-state index in [4.69, 9.17) is 0 Å². The van der Waals surface area contributed by atoms with Gasteiger partial charge in [0.05, 0.1) is 0 Å². The van der Waals surface area contributed by atoms with Crippen LogP contribution in [0.15, 0.2) is 42.5 Å². The van der Waals surface area contributed by atoms with Crippen LogP contribution in [0.4, 0.5) is 0 Å². The van der Waals surface area contributed by atoms with E-state index in [0.717, 1.165) is 5.92 Å². The summed E-state index contributed by atoms with van der Waals surface area (Å²) < 4.78 is 0. The monoisotopic (exact) mass is 267 g/mol. The third-order valence-corrected chi connectivity index (χ3v) is 4.94. The molecule has 3 rings (SSSR count). The minimum atomic E-state index is 0.429. The van der Waals surface area contributed by atoms with Crippen molar-refractivity contribution in [2.24, 2.45) is 5.92 Å². The Morgan fingerprint density at radius 2 is 1.90 bits per heavy atom. The highest BCUT2D eigenvalue weighted by Gasteiger charge is 2.27. The standard InChI is InChI=1S/C19H25N/c1-3-15-9-7-13-19(15)20-14(2)17-12-6-10-16-8-4-5-11-18(16)17/h4-6,8,10-12,14-15,19-20H,3,7,9,13H2,1-2H3. The summed E-state index contributed by atoms with van der Waals surface area (Å²) in [6, 6.07) is 16.5. The Balaban J connectivity index is 1.83. The van der Waals surface area contributed by atoms with Gasteiger partial charge in [-0.3, -0.25) is 0 Å². The molecule has 1 aliphatic rings. The van der Waals surface area contributed by atoms with Gasteiger partial charge in [-0.25, -0.2) is 0 Å². The van der Waals surface area contributed by atoms with Crippen molar-refractivity contribution in [2.75, 3.05) is 0 Å². The van der Waals surface area contributed by atoms with Crippen LogP contribution in [-0.2, 0) is 0 Å². The molecular formula is C19H25N. The zero-order valence-corrected chi connectivity index (χ0v) is 12.6. The van der Waals surface area contributed by atoms with Crippen molar-refractivity contribution in [1.82, 2.24) is 5.32 Å². The Morgan fingerprint density at radius 3 is 2.75 bits per heavy atom. The molecule has 106 valence electrons. The van der Waals surface area contributed by atoms with Crippen LogP contribution in [0.25, 0.3) is 10.8 Å². The Kier molecular flexibility index (Phi) is 4.07. The maximum Gasteiger partial charge on any atom is 0.0300 e. The highest BCUT2D eigenvalue weighted by Crippen LogP contribution is 2.31. The summed E-state index contributed by atoms with van der Waals surface area (Å²) in [6.07, 6.45) is 5.43. The van der Waals surface area contributed by atoms with Crippen molar-refractivity contribution in [3.05, 3.63) is 48.0 Å². The Hall–Kier alpha value is -1.34. The van der Waals surface area contributed by atoms with Gasteiger partial charge in [-0.15, -0.1) is 0 Å². The van der Waals surface area contributed by atoms with E-state index >= 15 is 0 Å². The van der Waals surface area contributed by atoms with Crippen LogP contribution in [0.1, 0.15) is 51.1 Å². The second kappa shape index (κ2) is 5.97. The molecule has 2 aromatic rings. The van der Waals surface area contributed by atoms with Gasteiger partial charge in [0.15, 0.2) is 0 Å². The van der Waals surface area contributed by atoms with Crippen LogP contribution in [0.2, 0.25) is 0 Å². The van der Waals surface area contributed by atoms with Gasteiger partial charge in [0.25, 0.3) is 0 Å². The predicted molar refractivity (Wildman–Crippen MR) is 86.9 cm³/mol. The number of hydrogen-bond donors (Lipinski definition) is 1. The maximum atomic E-state index is 3.89. The van der Waals surface area contributed by atoms with Gasteiger partial charge in [0.1, 0.15) is 0 Å². The second-order valence-electron chi connectivity index (χ2n) is 6.16. The fourth-order valence-electron chi connectivity index (χ4n) is 3.78. The summed E-state index contributed by atoms with van der Waals surface area (Å²) in [7, 11) is 0. The van der Waals surface area contributed by atoms with E-state index in [0.29, 0.717) is 12.1 Å². The molecule has 0 saturated heterocycles. The number of benzene rings is 2. The molecule has 1 fully saturated rings. The van der Waals surface area contributed by atoms with Crippen LogP contribution < -0.4 is 5.32 Å². The highest BCUT2D eigenvalue weighted by atomic mass is 15.0. The van der Waals surface area contributed by atoms with Crippen molar-refractivity contribution in [3.8, 4) is 0 Å². The van der Waals surface area contributed by atoms with Gasteiger partial charge in [0, 0.05) is 12.1 Å². The zero-order valence-electron chi connectivity index (χ0n) is 12.6. The first-order valence-corrected chi connectivity index (χ1v) is 8.03. The molecule has 2 aromatic carbocycles. The van der Waals surface area contributed by atoms with Crippen molar-refractivity contribution < 1.29 is 0 Å². The van der Waals surface area contributed by atoms with Gasteiger partial charge in [-0.2, -0.15) is 0 Å². The van der Waals surface area contributed by atoms with E-state index in [-0.39, 0.29) is 0 Å². The Labute approximate surface area is 122 Å². The normalized spacial score (nSPS) is 24.1. The first kappa shape index (κ1) is 13.6. The summed E-state index contributed by atoms with van der Waals surface area (Å²) in [5, 5.41) is 6.62. The molecule has 1 heteroatoms. The van der Waals surface area contributed by atoms with Gasteiger partial charge in [0.2, 0.25) is 0 Å². The Bertz CT molecular complexity index is 569. The van der Waals surface area contributed by atoms with E-state index in [2.05, 4.69) is 61.6 Å². The molecular weight excluding hydrogens is 242 g/mol. The summed E-state index contributed by atoms with van der Waals surface area (Å²) >= 11 is 0. The summed E-state index contributed by atoms with van der Waals surface area (Å²) in [4.78, 5) is 0. The van der Waals surface area contributed by atoms with Crippen LogP contribution >= 0.6 is 0 Å². The minimum absolute atomic E-state index is 0.429. The lowest BCUT2D eigenvalue weighted by molar-refractivity contribution is 0.361.